The van der Waals surface area contributed by atoms with Crippen molar-refractivity contribution in [3.63, 3.8) is 0 Å². The summed E-state index contributed by atoms with van der Waals surface area (Å²) < 4.78 is 0. The van der Waals surface area contributed by atoms with Crippen molar-refractivity contribution in [2.24, 2.45) is 0 Å². The lowest BCUT2D eigenvalue weighted by Gasteiger charge is -2.16. The fourth-order valence-corrected chi connectivity index (χ4v) is 2.03. The lowest BCUT2D eigenvalue weighted by atomic mass is 9.97. The highest BCUT2D eigenvalue weighted by molar-refractivity contribution is 6.08. The van der Waals surface area contributed by atoms with Crippen LogP contribution in [0.25, 0.3) is 0 Å². The van der Waals surface area contributed by atoms with Crippen molar-refractivity contribution in [3.05, 3.63) is 71.3 Å². The molecule has 2 rings (SSSR count). The number of hydrogen-bond acceptors (Lipinski definition) is 2. The fraction of sp³-hybridized carbons (Fsp3) is 0.278. The van der Waals surface area contributed by atoms with E-state index in [1.54, 1.807) is 13.8 Å². The molecular formula is C18H20O2. The summed E-state index contributed by atoms with van der Waals surface area (Å²) >= 11 is 0. The Morgan fingerprint density at radius 1 is 0.950 bits per heavy atom. The first-order valence-corrected chi connectivity index (χ1v) is 6.87. The lowest BCUT2D eigenvalue weighted by Crippen LogP contribution is -2.19. The van der Waals surface area contributed by atoms with Gasteiger partial charge in [0.25, 0.3) is 0 Å². The summed E-state index contributed by atoms with van der Waals surface area (Å²) in [5, 5.41) is 9.72. The summed E-state index contributed by atoms with van der Waals surface area (Å²) in [7, 11) is 0. The van der Waals surface area contributed by atoms with Gasteiger partial charge in [-0.1, -0.05) is 54.6 Å². The van der Waals surface area contributed by atoms with Gasteiger partial charge in [-0.2, -0.15) is 0 Å². The molecule has 0 bridgehead atoms. The summed E-state index contributed by atoms with van der Waals surface area (Å²) in [5.74, 6) is 0.0413. The van der Waals surface area contributed by atoms with Crippen LogP contribution in [0.2, 0.25) is 0 Å². The molecule has 2 aromatic rings. The highest BCUT2D eigenvalue weighted by Gasteiger charge is 2.12. The van der Waals surface area contributed by atoms with Crippen LogP contribution in [0, 0.1) is 0 Å². The molecule has 2 nitrogen and oxygen atoms in total. The van der Waals surface area contributed by atoms with Gasteiger partial charge < -0.3 is 5.11 Å². The van der Waals surface area contributed by atoms with E-state index in [1.807, 2.05) is 54.6 Å². The Bertz CT molecular complexity index is 563. The normalized spacial score (nSPS) is 11.3. The van der Waals surface area contributed by atoms with Crippen LogP contribution in [-0.2, 0) is 6.42 Å². The quantitative estimate of drug-likeness (QED) is 0.841. The summed E-state index contributed by atoms with van der Waals surface area (Å²) in [4.78, 5) is 12.2. The summed E-state index contributed by atoms with van der Waals surface area (Å²) in [6.07, 6.45) is 1.52. The van der Waals surface area contributed by atoms with Crippen molar-refractivity contribution in [2.75, 3.05) is 0 Å². The molecule has 2 aromatic carbocycles. The standard InChI is InChI=1S/C18H20O2/c1-18(2,20)13-12-14-8-10-16(11-9-14)17(19)15-6-4-3-5-7-15/h3-11,20H,12-13H2,1-2H3. The van der Waals surface area contributed by atoms with E-state index in [2.05, 4.69) is 0 Å². The number of aliphatic hydroxyl groups is 1. The summed E-state index contributed by atoms with van der Waals surface area (Å²) in [6.45, 7) is 3.61. The van der Waals surface area contributed by atoms with Crippen molar-refractivity contribution in [3.8, 4) is 0 Å². The molecule has 0 spiro atoms. The Morgan fingerprint density at radius 2 is 1.50 bits per heavy atom. The van der Waals surface area contributed by atoms with E-state index in [1.165, 1.54) is 0 Å². The molecule has 0 radical (unpaired) electrons. The topological polar surface area (TPSA) is 37.3 Å². The Hall–Kier alpha value is -1.93. The van der Waals surface area contributed by atoms with Gasteiger partial charge in [0.15, 0.2) is 5.78 Å². The van der Waals surface area contributed by atoms with Gasteiger partial charge in [-0.05, 0) is 32.3 Å². The zero-order chi connectivity index (χ0) is 14.6. The van der Waals surface area contributed by atoms with Crippen molar-refractivity contribution in [2.45, 2.75) is 32.3 Å². The number of aryl methyl sites for hydroxylation is 1. The van der Waals surface area contributed by atoms with Crippen LogP contribution in [-0.4, -0.2) is 16.5 Å². The van der Waals surface area contributed by atoms with Gasteiger partial charge in [-0.3, -0.25) is 4.79 Å². The van der Waals surface area contributed by atoms with Crippen LogP contribution < -0.4 is 0 Å². The number of rotatable bonds is 5. The van der Waals surface area contributed by atoms with Crippen LogP contribution in [0.1, 0.15) is 41.8 Å². The van der Waals surface area contributed by atoms with E-state index in [-0.39, 0.29) is 5.78 Å². The Kier molecular flexibility index (Phi) is 4.35. The van der Waals surface area contributed by atoms with Gasteiger partial charge in [0.1, 0.15) is 0 Å². The molecule has 0 aromatic heterocycles. The largest absolute Gasteiger partial charge is 0.390 e. The molecule has 0 aliphatic heterocycles. The minimum absolute atomic E-state index is 0.0413. The second-order valence-corrected chi connectivity index (χ2v) is 5.70. The molecule has 0 heterocycles. The smallest absolute Gasteiger partial charge is 0.193 e. The molecule has 0 aliphatic rings. The first-order chi connectivity index (χ1) is 9.46. The summed E-state index contributed by atoms with van der Waals surface area (Å²) in [6, 6.07) is 16.9. The average Bonchev–Trinajstić information content (AvgIpc) is 2.45. The summed E-state index contributed by atoms with van der Waals surface area (Å²) in [5.41, 5.74) is 1.88. The van der Waals surface area contributed by atoms with E-state index < -0.39 is 5.60 Å². The monoisotopic (exact) mass is 268 g/mol. The zero-order valence-corrected chi connectivity index (χ0v) is 12.0. The molecule has 2 heteroatoms. The van der Waals surface area contributed by atoms with Crippen molar-refractivity contribution < 1.29 is 9.90 Å². The minimum atomic E-state index is -0.654. The van der Waals surface area contributed by atoms with E-state index in [4.69, 9.17) is 0 Å². The Balaban J connectivity index is 2.07. The third-order valence-corrected chi connectivity index (χ3v) is 3.28. The maximum atomic E-state index is 12.2. The molecule has 0 unspecified atom stereocenters. The van der Waals surface area contributed by atoms with E-state index in [0.717, 1.165) is 12.0 Å². The van der Waals surface area contributed by atoms with Crippen LogP contribution in [0.5, 0.6) is 0 Å². The van der Waals surface area contributed by atoms with Gasteiger partial charge in [0.2, 0.25) is 0 Å². The number of carbonyl (C=O) groups is 1. The number of hydrogen-bond donors (Lipinski definition) is 1. The first kappa shape index (κ1) is 14.5. The van der Waals surface area contributed by atoms with E-state index in [0.29, 0.717) is 17.5 Å². The molecule has 0 fully saturated rings. The zero-order valence-electron chi connectivity index (χ0n) is 12.0. The molecule has 0 saturated carbocycles. The van der Waals surface area contributed by atoms with Crippen molar-refractivity contribution >= 4 is 5.78 Å². The molecule has 20 heavy (non-hydrogen) atoms. The second-order valence-electron chi connectivity index (χ2n) is 5.70. The SMILES string of the molecule is CC(C)(O)CCc1ccc(C(=O)c2ccccc2)cc1. The molecule has 0 aliphatic carbocycles. The molecule has 0 saturated heterocycles. The lowest BCUT2D eigenvalue weighted by molar-refractivity contribution is 0.0714. The van der Waals surface area contributed by atoms with Gasteiger partial charge in [0, 0.05) is 11.1 Å². The van der Waals surface area contributed by atoms with Crippen LogP contribution in [0.15, 0.2) is 54.6 Å². The van der Waals surface area contributed by atoms with Gasteiger partial charge in [-0.15, -0.1) is 0 Å². The highest BCUT2D eigenvalue weighted by atomic mass is 16.3. The Morgan fingerprint density at radius 3 is 2.05 bits per heavy atom. The van der Waals surface area contributed by atoms with Crippen molar-refractivity contribution in [1.82, 2.24) is 0 Å². The predicted octanol–water partition coefficient (Wildman–Crippen LogP) is 3.62. The average molecular weight is 268 g/mol. The van der Waals surface area contributed by atoms with E-state index in [9.17, 15) is 9.90 Å². The van der Waals surface area contributed by atoms with Gasteiger partial charge >= 0.3 is 0 Å². The minimum Gasteiger partial charge on any atom is -0.390 e. The molecule has 0 amide bonds. The fourth-order valence-electron chi connectivity index (χ4n) is 2.03. The van der Waals surface area contributed by atoms with Crippen LogP contribution >= 0.6 is 0 Å². The number of carbonyl (C=O) groups excluding carboxylic acids is 1. The molecule has 104 valence electrons. The third kappa shape index (κ3) is 4.04. The maximum absolute atomic E-state index is 12.2. The van der Waals surface area contributed by atoms with Crippen LogP contribution in [0.3, 0.4) is 0 Å². The molecular weight excluding hydrogens is 248 g/mol. The third-order valence-electron chi connectivity index (χ3n) is 3.28. The number of ketones is 1. The number of benzene rings is 2. The molecule has 0 atom stereocenters. The first-order valence-electron chi connectivity index (χ1n) is 6.87. The maximum Gasteiger partial charge on any atom is 0.193 e. The van der Waals surface area contributed by atoms with Crippen molar-refractivity contribution in [1.29, 1.82) is 0 Å². The predicted molar refractivity (Wildman–Crippen MR) is 80.9 cm³/mol. The van der Waals surface area contributed by atoms with E-state index >= 15 is 0 Å². The van der Waals surface area contributed by atoms with Crippen LogP contribution in [0.4, 0.5) is 0 Å². The molecule has 1 N–H and O–H groups in total. The Labute approximate surface area is 120 Å². The van der Waals surface area contributed by atoms with Gasteiger partial charge in [-0.25, -0.2) is 0 Å². The highest BCUT2D eigenvalue weighted by Crippen LogP contribution is 2.15. The second kappa shape index (κ2) is 6.02. The van der Waals surface area contributed by atoms with Gasteiger partial charge in [0.05, 0.1) is 5.60 Å².